The zero-order valence-corrected chi connectivity index (χ0v) is 13.3. The molecule has 8 heteroatoms. The third-order valence-corrected chi connectivity index (χ3v) is 4.07. The Hall–Kier alpha value is -1.83. The monoisotopic (exact) mass is 357 g/mol. The average molecular weight is 358 g/mol. The van der Waals surface area contributed by atoms with E-state index in [2.05, 4.69) is 15.3 Å². The molecule has 4 nitrogen and oxygen atoms in total. The number of alkyl halides is 3. The van der Waals surface area contributed by atoms with Crippen LogP contribution in [-0.2, 0) is 10.9 Å². The zero-order chi connectivity index (χ0) is 16.0. The van der Waals surface area contributed by atoms with Gasteiger partial charge in [-0.25, -0.2) is 4.98 Å². The van der Waals surface area contributed by atoms with Gasteiger partial charge in [0.1, 0.15) is 11.3 Å². The molecule has 0 bridgehead atoms. The molecule has 0 radical (unpaired) electrons. The van der Waals surface area contributed by atoms with Crippen LogP contribution < -0.4 is 5.32 Å². The minimum Gasteiger partial charge on any atom is -0.371 e. The first-order valence-corrected chi connectivity index (χ1v) is 7.34. The first-order valence-electron chi connectivity index (χ1n) is 7.34. The number of nitrogens with zero attached hydrogens (tertiary/aromatic N) is 1. The summed E-state index contributed by atoms with van der Waals surface area (Å²) in [4.78, 5) is 6.65. The van der Waals surface area contributed by atoms with Gasteiger partial charge in [0, 0.05) is 29.4 Å². The molecule has 4 rings (SSSR count). The molecule has 2 N–H and O–H groups in total. The van der Waals surface area contributed by atoms with Gasteiger partial charge in [0.05, 0.1) is 12.7 Å². The van der Waals surface area contributed by atoms with Crippen molar-refractivity contribution in [3.05, 3.63) is 41.6 Å². The Bertz CT molecular complexity index is 872. The van der Waals surface area contributed by atoms with Crippen LogP contribution in [0.2, 0.25) is 0 Å². The highest BCUT2D eigenvalue weighted by atomic mass is 35.5. The third kappa shape index (κ3) is 2.94. The van der Waals surface area contributed by atoms with Gasteiger partial charge in [0.15, 0.2) is 0 Å². The van der Waals surface area contributed by atoms with Crippen LogP contribution in [0.5, 0.6) is 0 Å². The Morgan fingerprint density at radius 3 is 2.67 bits per heavy atom. The lowest BCUT2D eigenvalue weighted by molar-refractivity contribution is -0.141. The van der Waals surface area contributed by atoms with Crippen LogP contribution in [0.1, 0.15) is 17.4 Å². The van der Waals surface area contributed by atoms with Crippen LogP contribution in [0.25, 0.3) is 21.9 Å². The van der Waals surface area contributed by atoms with Crippen molar-refractivity contribution in [1.29, 1.82) is 0 Å². The smallest absolute Gasteiger partial charge is 0.371 e. The number of hydrogen-bond donors (Lipinski definition) is 2. The van der Waals surface area contributed by atoms with Crippen molar-refractivity contribution in [2.75, 3.05) is 19.7 Å². The highest BCUT2D eigenvalue weighted by Gasteiger charge is 2.32. The Kier molecular flexibility index (Phi) is 4.42. The lowest BCUT2D eigenvalue weighted by atomic mass is 10.0. The predicted molar refractivity (Wildman–Crippen MR) is 87.4 cm³/mol. The summed E-state index contributed by atoms with van der Waals surface area (Å²) in [5.74, 6) is 0. The molecule has 0 saturated carbocycles. The molecule has 1 aromatic carbocycles. The standard InChI is InChI=1S/C16H14F3N3O.ClH/c17-16(18,19)14-4-2-10-11-7-9(13-8-20-5-6-23-13)1-3-12(11)21-15(10)22-14;/h1-4,7,13,20H,5-6,8H2,(H,21,22);1H. The van der Waals surface area contributed by atoms with Crippen LogP contribution in [0.4, 0.5) is 13.2 Å². The largest absolute Gasteiger partial charge is 0.433 e. The summed E-state index contributed by atoms with van der Waals surface area (Å²) in [6, 6.07) is 8.23. The summed E-state index contributed by atoms with van der Waals surface area (Å²) in [5.41, 5.74) is 1.12. The van der Waals surface area contributed by atoms with Crippen LogP contribution in [-0.4, -0.2) is 29.7 Å². The molecule has 2 aromatic heterocycles. The lowest BCUT2D eigenvalue weighted by Crippen LogP contribution is -2.33. The minimum atomic E-state index is -4.45. The highest BCUT2D eigenvalue weighted by Crippen LogP contribution is 2.32. The highest BCUT2D eigenvalue weighted by molar-refractivity contribution is 6.06. The van der Waals surface area contributed by atoms with E-state index in [4.69, 9.17) is 4.74 Å². The molecule has 1 unspecified atom stereocenters. The number of benzene rings is 1. The number of hydrogen-bond acceptors (Lipinski definition) is 3. The Balaban J connectivity index is 0.00000169. The minimum absolute atomic E-state index is 0. The maximum atomic E-state index is 12.8. The molecule has 128 valence electrons. The van der Waals surface area contributed by atoms with E-state index in [-0.39, 0.29) is 24.2 Å². The number of nitrogens with one attached hydrogen (secondary N) is 2. The van der Waals surface area contributed by atoms with Crippen LogP contribution in [0.3, 0.4) is 0 Å². The van der Waals surface area contributed by atoms with Gasteiger partial charge in [0.2, 0.25) is 0 Å². The number of H-pyrrole nitrogens is 1. The fraction of sp³-hybridized carbons (Fsp3) is 0.312. The maximum absolute atomic E-state index is 12.8. The Morgan fingerprint density at radius 1 is 1.12 bits per heavy atom. The molecule has 3 heterocycles. The van der Waals surface area contributed by atoms with E-state index in [0.717, 1.165) is 35.6 Å². The van der Waals surface area contributed by atoms with Gasteiger partial charge in [0.25, 0.3) is 0 Å². The number of pyridine rings is 1. The molecule has 24 heavy (non-hydrogen) atoms. The third-order valence-electron chi connectivity index (χ3n) is 4.07. The second-order valence-corrected chi connectivity index (χ2v) is 5.58. The molecule has 1 atom stereocenters. The number of aromatic nitrogens is 2. The number of fused-ring (bicyclic) bond motifs is 3. The second-order valence-electron chi connectivity index (χ2n) is 5.58. The fourth-order valence-electron chi connectivity index (χ4n) is 2.93. The van der Waals surface area contributed by atoms with Crippen molar-refractivity contribution in [3.63, 3.8) is 0 Å². The number of morpholine rings is 1. The van der Waals surface area contributed by atoms with Crippen molar-refractivity contribution >= 4 is 34.3 Å². The summed E-state index contributed by atoms with van der Waals surface area (Å²) in [6.45, 7) is 2.20. The van der Waals surface area contributed by atoms with E-state index >= 15 is 0 Å². The van der Waals surface area contributed by atoms with E-state index in [1.54, 1.807) is 0 Å². The van der Waals surface area contributed by atoms with Gasteiger partial charge >= 0.3 is 6.18 Å². The van der Waals surface area contributed by atoms with Gasteiger partial charge < -0.3 is 15.0 Å². The summed E-state index contributed by atoms with van der Waals surface area (Å²) >= 11 is 0. The van der Waals surface area contributed by atoms with Crippen LogP contribution in [0.15, 0.2) is 30.3 Å². The molecule has 0 amide bonds. The molecule has 0 spiro atoms. The van der Waals surface area contributed by atoms with Crippen LogP contribution in [0, 0.1) is 0 Å². The van der Waals surface area contributed by atoms with Crippen molar-refractivity contribution < 1.29 is 17.9 Å². The molecule has 0 aliphatic carbocycles. The van der Waals surface area contributed by atoms with E-state index in [1.165, 1.54) is 6.07 Å². The molecule has 1 aliphatic heterocycles. The molecular weight excluding hydrogens is 343 g/mol. The predicted octanol–water partition coefficient (Wildman–Crippen LogP) is 3.82. The number of ether oxygens (including phenoxy) is 1. The van der Waals surface area contributed by atoms with E-state index in [9.17, 15) is 13.2 Å². The molecule has 1 aliphatic rings. The SMILES string of the molecule is Cl.FC(F)(F)c1ccc2c(n1)[nH]c1ccc(C3CNCCO3)cc12. The maximum Gasteiger partial charge on any atom is 0.433 e. The molecule has 1 fully saturated rings. The van der Waals surface area contributed by atoms with Gasteiger partial charge in [-0.05, 0) is 29.8 Å². The topological polar surface area (TPSA) is 49.9 Å². The second kappa shape index (κ2) is 6.23. The van der Waals surface area contributed by atoms with Crippen molar-refractivity contribution in [2.45, 2.75) is 12.3 Å². The lowest BCUT2D eigenvalue weighted by Gasteiger charge is -2.24. The van der Waals surface area contributed by atoms with Gasteiger partial charge in [-0.2, -0.15) is 13.2 Å². The Labute approximate surface area is 141 Å². The Morgan fingerprint density at radius 2 is 1.96 bits per heavy atom. The molecule has 3 aromatic rings. The van der Waals surface area contributed by atoms with E-state index in [1.807, 2.05) is 18.2 Å². The average Bonchev–Trinajstić information content (AvgIpc) is 2.91. The summed E-state index contributed by atoms with van der Waals surface area (Å²) in [6.07, 6.45) is -4.49. The number of aromatic amines is 1. The van der Waals surface area contributed by atoms with E-state index in [0.29, 0.717) is 12.0 Å². The fourth-order valence-corrected chi connectivity index (χ4v) is 2.93. The van der Waals surface area contributed by atoms with E-state index < -0.39 is 11.9 Å². The number of rotatable bonds is 1. The van der Waals surface area contributed by atoms with Gasteiger partial charge in [-0.3, -0.25) is 0 Å². The first kappa shape index (κ1) is 17.0. The number of halogens is 4. The summed E-state index contributed by atoms with van der Waals surface area (Å²) in [7, 11) is 0. The molecule has 1 saturated heterocycles. The first-order chi connectivity index (χ1) is 11.0. The van der Waals surface area contributed by atoms with Crippen LogP contribution >= 0.6 is 12.4 Å². The quantitative estimate of drug-likeness (QED) is 0.696. The summed E-state index contributed by atoms with van der Waals surface area (Å²) in [5, 5.41) is 4.80. The zero-order valence-electron chi connectivity index (χ0n) is 12.5. The normalized spacial score (nSPS) is 18.7. The van der Waals surface area contributed by atoms with Crippen molar-refractivity contribution in [2.24, 2.45) is 0 Å². The summed E-state index contributed by atoms with van der Waals surface area (Å²) < 4.78 is 44.1. The van der Waals surface area contributed by atoms with Gasteiger partial charge in [-0.15, -0.1) is 12.4 Å². The van der Waals surface area contributed by atoms with Crippen molar-refractivity contribution in [3.8, 4) is 0 Å². The van der Waals surface area contributed by atoms with Crippen molar-refractivity contribution in [1.82, 2.24) is 15.3 Å². The molecular formula is C16H15ClF3N3O. The van der Waals surface area contributed by atoms with Gasteiger partial charge in [-0.1, -0.05) is 6.07 Å².